The summed E-state index contributed by atoms with van der Waals surface area (Å²) in [5, 5.41) is 10.1. The fraction of sp³-hybridized carbons (Fsp3) is 0.484. The number of allylic oxidation sites excluding steroid dienone is 2. The molecule has 3 aliphatic rings. The molecule has 198 valence electrons. The molecule has 1 saturated heterocycles. The molecule has 0 radical (unpaired) electrons. The van der Waals surface area contributed by atoms with E-state index in [-0.39, 0.29) is 30.4 Å². The molecule has 2 aromatic carbocycles. The molecule has 2 aromatic rings. The third-order valence-corrected chi connectivity index (χ3v) is 8.27. The van der Waals surface area contributed by atoms with Gasteiger partial charge in [0.15, 0.2) is 0 Å². The van der Waals surface area contributed by atoms with Gasteiger partial charge >= 0.3 is 0 Å². The number of alkyl halides is 2. The van der Waals surface area contributed by atoms with Crippen molar-refractivity contribution in [3.05, 3.63) is 71.8 Å². The van der Waals surface area contributed by atoms with Gasteiger partial charge in [-0.05, 0) is 92.0 Å². The number of likely N-dealkylation sites (tertiary alicyclic amines) is 1. The first kappa shape index (κ1) is 25.8. The largest absolute Gasteiger partial charge is 0.508 e. The predicted molar refractivity (Wildman–Crippen MR) is 143 cm³/mol. The van der Waals surface area contributed by atoms with Crippen molar-refractivity contribution in [2.45, 2.75) is 50.8 Å². The average Bonchev–Trinajstić information content (AvgIpc) is 2.87. The molecule has 1 saturated carbocycles. The van der Waals surface area contributed by atoms with Gasteiger partial charge in [0.05, 0.1) is 6.67 Å². The second-order valence-corrected chi connectivity index (χ2v) is 10.9. The van der Waals surface area contributed by atoms with Crippen LogP contribution in [0.25, 0.3) is 5.57 Å². The van der Waals surface area contributed by atoms with E-state index in [2.05, 4.69) is 18.4 Å². The van der Waals surface area contributed by atoms with Crippen LogP contribution in [0.15, 0.2) is 60.7 Å². The van der Waals surface area contributed by atoms with Crippen molar-refractivity contribution < 1.29 is 23.4 Å². The average molecular weight is 510 g/mol. The zero-order valence-electron chi connectivity index (χ0n) is 21.6. The highest BCUT2D eigenvalue weighted by Gasteiger charge is 2.40. The maximum absolute atomic E-state index is 15.2. The number of halogens is 2. The molecule has 0 spiro atoms. The second-order valence-electron chi connectivity index (χ2n) is 10.9. The van der Waals surface area contributed by atoms with E-state index in [0.717, 1.165) is 60.7 Å². The number of rotatable bonds is 9. The lowest BCUT2D eigenvalue weighted by Crippen LogP contribution is -2.49. The van der Waals surface area contributed by atoms with E-state index in [0.29, 0.717) is 25.9 Å². The minimum absolute atomic E-state index is 0.182. The molecule has 1 aliphatic carbocycles. The number of nitrogens with zero attached hydrogens (tertiary/aromatic N) is 1. The number of phenolic OH excluding ortho intramolecular Hbond substituents is 1. The monoisotopic (exact) mass is 509 g/mol. The second kappa shape index (κ2) is 10.9. The van der Waals surface area contributed by atoms with Gasteiger partial charge in [-0.25, -0.2) is 4.39 Å². The maximum Gasteiger partial charge on any atom is 0.146 e. The molecule has 5 rings (SSSR count). The number of benzene rings is 2. The van der Waals surface area contributed by atoms with E-state index < -0.39 is 5.67 Å². The molecule has 1 atom stereocenters. The Balaban J connectivity index is 1.33. The molecular weight excluding hydrogens is 472 g/mol. The van der Waals surface area contributed by atoms with Crippen LogP contribution < -0.4 is 9.47 Å². The van der Waals surface area contributed by atoms with Crippen LogP contribution in [0.5, 0.6) is 17.2 Å². The first-order valence-corrected chi connectivity index (χ1v) is 13.4. The van der Waals surface area contributed by atoms with Crippen LogP contribution in [0.1, 0.15) is 56.3 Å². The fourth-order valence-electron chi connectivity index (χ4n) is 6.12. The fourth-order valence-corrected chi connectivity index (χ4v) is 6.12. The molecular formula is C31H37F2NO3. The third-order valence-electron chi connectivity index (χ3n) is 8.27. The smallest absolute Gasteiger partial charge is 0.146 e. The SMILES string of the molecule is C=CCC1(F)CCC(C2=C(C)c3cc(O)ccc3OC2c2ccc(OCCN3CC(CF)C3)cc2)CC1. The van der Waals surface area contributed by atoms with Crippen LogP contribution in [0.4, 0.5) is 8.78 Å². The van der Waals surface area contributed by atoms with Crippen LogP contribution in [0.2, 0.25) is 0 Å². The van der Waals surface area contributed by atoms with E-state index in [1.165, 1.54) is 5.57 Å². The van der Waals surface area contributed by atoms with Crippen molar-refractivity contribution in [3.8, 4) is 17.2 Å². The normalized spacial score (nSPS) is 26.2. The zero-order chi connectivity index (χ0) is 26.0. The Morgan fingerprint density at radius 1 is 1.16 bits per heavy atom. The highest BCUT2D eigenvalue weighted by Crippen LogP contribution is 2.50. The van der Waals surface area contributed by atoms with Gasteiger partial charge in [0.25, 0.3) is 0 Å². The summed E-state index contributed by atoms with van der Waals surface area (Å²) in [6.07, 6.45) is 4.33. The number of phenols is 1. The molecule has 2 heterocycles. The lowest BCUT2D eigenvalue weighted by molar-refractivity contribution is 0.0668. The van der Waals surface area contributed by atoms with Crippen LogP contribution in [0.3, 0.4) is 0 Å². The lowest BCUT2D eigenvalue weighted by atomic mass is 9.71. The maximum atomic E-state index is 15.2. The van der Waals surface area contributed by atoms with Crippen molar-refractivity contribution >= 4 is 5.57 Å². The molecule has 37 heavy (non-hydrogen) atoms. The predicted octanol–water partition coefficient (Wildman–Crippen LogP) is 7.05. The van der Waals surface area contributed by atoms with E-state index >= 15 is 4.39 Å². The van der Waals surface area contributed by atoms with Crippen LogP contribution in [-0.4, -0.2) is 48.6 Å². The lowest BCUT2D eigenvalue weighted by Gasteiger charge is -2.39. The van der Waals surface area contributed by atoms with Gasteiger partial charge in [-0.1, -0.05) is 18.2 Å². The molecule has 2 aliphatic heterocycles. The summed E-state index contributed by atoms with van der Waals surface area (Å²) in [6.45, 7) is 8.56. The van der Waals surface area contributed by atoms with E-state index in [9.17, 15) is 9.50 Å². The Hall–Kier alpha value is -2.86. The molecule has 2 fully saturated rings. The van der Waals surface area contributed by atoms with Crippen molar-refractivity contribution in [2.75, 3.05) is 32.9 Å². The summed E-state index contributed by atoms with van der Waals surface area (Å²) in [7, 11) is 0. The van der Waals surface area contributed by atoms with Crippen molar-refractivity contribution in [1.82, 2.24) is 4.90 Å². The van der Waals surface area contributed by atoms with Crippen molar-refractivity contribution in [2.24, 2.45) is 11.8 Å². The zero-order valence-corrected chi connectivity index (χ0v) is 21.6. The quantitative estimate of drug-likeness (QED) is 0.368. The molecule has 6 heteroatoms. The highest BCUT2D eigenvalue weighted by atomic mass is 19.1. The number of hydrogen-bond donors (Lipinski definition) is 1. The molecule has 1 unspecified atom stereocenters. The van der Waals surface area contributed by atoms with Crippen LogP contribution in [-0.2, 0) is 0 Å². The van der Waals surface area contributed by atoms with Crippen LogP contribution in [0, 0.1) is 11.8 Å². The Kier molecular flexibility index (Phi) is 7.57. The Bertz CT molecular complexity index is 1130. The summed E-state index contributed by atoms with van der Waals surface area (Å²) in [5.74, 6) is 2.13. The summed E-state index contributed by atoms with van der Waals surface area (Å²) in [6, 6.07) is 13.2. The summed E-state index contributed by atoms with van der Waals surface area (Å²) < 4.78 is 40.3. The number of aromatic hydroxyl groups is 1. The van der Waals surface area contributed by atoms with Gasteiger partial charge in [0, 0.05) is 31.1 Å². The Labute approximate surface area is 218 Å². The molecule has 0 bridgehead atoms. The molecule has 1 N–H and O–H groups in total. The van der Waals surface area contributed by atoms with Gasteiger partial charge in [-0.2, -0.15) is 0 Å². The van der Waals surface area contributed by atoms with Gasteiger partial charge in [-0.3, -0.25) is 9.29 Å². The summed E-state index contributed by atoms with van der Waals surface area (Å²) in [5.41, 5.74) is 3.03. The highest BCUT2D eigenvalue weighted by molar-refractivity contribution is 5.76. The van der Waals surface area contributed by atoms with Gasteiger partial charge < -0.3 is 14.6 Å². The van der Waals surface area contributed by atoms with Gasteiger partial charge in [0.1, 0.15) is 35.6 Å². The number of hydrogen-bond acceptors (Lipinski definition) is 4. The number of fused-ring (bicyclic) bond motifs is 1. The number of ether oxygens (including phenoxy) is 2. The Morgan fingerprint density at radius 3 is 2.57 bits per heavy atom. The van der Waals surface area contributed by atoms with Crippen LogP contribution >= 0.6 is 0 Å². The summed E-state index contributed by atoms with van der Waals surface area (Å²) in [4.78, 5) is 2.20. The van der Waals surface area contributed by atoms with E-state index in [1.54, 1.807) is 18.2 Å². The minimum Gasteiger partial charge on any atom is -0.508 e. The molecule has 0 amide bonds. The molecule has 0 aromatic heterocycles. The van der Waals surface area contributed by atoms with Gasteiger partial charge in [-0.15, -0.1) is 6.58 Å². The Morgan fingerprint density at radius 2 is 1.89 bits per heavy atom. The standard InChI is InChI=1S/C31H37F2NO3/c1-3-12-31(33)13-10-23(11-14-31)29-21(2)27-17-25(35)6-9-28(27)37-30(29)24-4-7-26(8-5-24)36-16-15-34-19-22(18-32)20-34/h3-9,17,22-23,30,35H,1,10-16,18-20H2,2H3. The van der Waals surface area contributed by atoms with Gasteiger partial charge in [0.2, 0.25) is 0 Å². The molecule has 4 nitrogen and oxygen atoms in total. The topological polar surface area (TPSA) is 41.9 Å². The summed E-state index contributed by atoms with van der Waals surface area (Å²) >= 11 is 0. The van der Waals surface area contributed by atoms with E-state index in [1.807, 2.05) is 30.3 Å². The van der Waals surface area contributed by atoms with Crippen molar-refractivity contribution in [1.29, 1.82) is 0 Å². The third kappa shape index (κ3) is 5.54. The first-order chi connectivity index (χ1) is 17.9. The minimum atomic E-state index is -1.17. The van der Waals surface area contributed by atoms with Crippen molar-refractivity contribution in [3.63, 3.8) is 0 Å². The first-order valence-electron chi connectivity index (χ1n) is 13.4. The van der Waals surface area contributed by atoms with E-state index in [4.69, 9.17) is 9.47 Å².